The molecule has 0 atom stereocenters. The molecule has 0 aliphatic carbocycles. The van der Waals surface area contributed by atoms with Crippen molar-refractivity contribution in [2.45, 2.75) is 40.0 Å². The molecular formula is C16H22O3. The highest BCUT2D eigenvalue weighted by Crippen LogP contribution is 2.27. The van der Waals surface area contributed by atoms with E-state index in [1.807, 2.05) is 19.9 Å². The highest BCUT2D eigenvalue weighted by molar-refractivity contribution is 5.86. The fourth-order valence-electron chi connectivity index (χ4n) is 1.86. The number of rotatable bonds is 6. The second-order valence-corrected chi connectivity index (χ2v) is 4.90. The van der Waals surface area contributed by atoms with Crippen molar-refractivity contribution in [2.24, 2.45) is 0 Å². The average Bonchev–Trinajstić information content (AvgIpc) is 2.33. The highest BCUT2D eigenvalue weighted by atomic mass is 16.5. The molecule has 0 aromatic heterocycles. The van der Waals surface area contributed by atoms with Crippen LogP contribution in [-0.2, 0) is 4.79 Å². The molecule has 0 saturated heterocycles. The molecule has 0 aliphatic rings. The fourth-order valence-corrected chi connectivity index (χ4v) is 1.86. The normalized spacial score (nSPS) is 11.7. The van der Waals surface area contributed by atoms with E-state index in [0.29, 0.717) is 24.5 Å². The summed E-state index contributed by atoms with van der Waals surface area (Å²) in [6.07, 6.45) is 2.14. The standard InChI is InChI=1S/C16H22O3/c1-5-13(16(17)18)8-9-19-15-10-12(4)6-7-14(15)11(2)3/h6-8,10-11H,5,9H2,1-4H3,(H,17,18). The van der Waals surface area contributed by atoms with E-state index in [9.17, 15) is 4.79 Å². The van der Waals surface area contributed by atoms with Crippen LogP contribution in [0, 0.1) is 6.92 Å². The monoisotopic (exact) mass is 262 g/mol. The zero-order valence-electron chi connectivity index (χ0n) is 12.1. The van der Waals surface area contributed by atoms with Crippen molar-refractivity contribution in [3.05, 3.63) is 41.0 Å². The van der Waals surface area contributed by atoms with Crippen LogP contribution < -0.4 is 4.74 Å². The second kappa shape index (κ2) is 6.98. The van der Waals surface area contributed by atoms with Crippen LogP contribution in [0.3, 0.4) is 0 Å². The molecule has 0 fully saturated rings. The van der Waals surface area contributed by atoms with E-state index in [4.69, 9.17) is 9.84 Å². The molecule has 1 rings (SSSR count). The lowest BCUT2D eigenvalue weighted by atomic mass is 10.0. The molecule has 1 aromatic carbocycles. The first kappa shape index (κ1) is 15.3. The number of carbonyl (C=O) groups is 1. The molecule has 3 heteroatoms. The van der Waals surface area contributed by atoms with Crippen LogP contribution in [0.2, 0.25) is 0 Å². The molecule has 19 heavy (non-hydrogen) atoms. The van der Waals surface area contributed by atoms with Crippen LogP contribution in [0.4, 0.5) is 0 Å². The van der Waals surface area contributed by atoms with Crippen molar-refractivity contribution in [1.82, 2.24) is 0 Å². The Hall–Kier alpha value is -1.77. The number of ether oxygens (including phenoxy) is 1. The lowest BCUT2D eigenvalue weighted by molar-refractivity contribution is -0.132. The smallest absolute Gasteiger partial charge is 0.331 e. The molecule has 104 valence electrons. The fraction of sp³-hybridized carbons (Fsp3) is 0.438. The molecule has 0 amide bonds. The first-order valence-electron chi connectivity index (χ1n) is 6.61. The van der Waals surface area contributed by atoms with Crippen molar-refractivity contribution < 1.29 is 14.6 Å². The SMILES string of the molecule is CCC(=CCOc1cc(C)ccc1C(C)C)C(=O)O. The summed E-state index contributed by atoms with van der Waals surface area (Å²) in [6, 6.07) is 6.12. The third kappa shape index (κ3) is 4.43. The second-order valence-electron chi connectivity index (χ2n) is 4.90. The molecule has 0 aliphatic heterocycles. The Balaban J connectivity index is 2.82. The molecule has 0 spiro atoms. The maximum absolute atomic E-state index is 10.9. The van der Waals surface area contributed by atoms with E-state index in [0.717, 1.165) is 16.9 Å². The minimum Gasteiger partial charge on any atom is -0.489 e. The van der Waals surface area contributed by atoms with Gasteiger partial charge in [0, 0.05) is 5.57 Å². The minimum atomic E-state index is -0.876. The minimum absolute atomic E-state index is 0.290. The van der Waals surface area contributed by atoms with Gasteiger partial charge in [-0.2, -0.15) is 0 Å². The van der Waals surface area contributed by atoms with Gasteiger partial charge < -0.3 is 9.84 Å². The number of aliphatic carboxylic acids is 1. The topological polar surface area (TPSA) is 46.5 Å². The highest BCUT2D eigenvalue weighted by Gasteiger charge is 2.08. The van der Waals surface area contributed by atoms with Crippen LogP contribution in [0.15, 0.2) is 29.8 Å². The van der Waals surface area contributed by atoms with Crippen molar-refractivity contribution in [2.75, 3.05) is 6.61 Å². The van der Waals surface area contributed by atoms with E-state index >= 15 is 0 Å². The van der Waals surface area contributed by atoms with Gasteiger partial charge in [0.15, 0.2) is 0 Å². The predicted molar refractivity (Wildman–Crippen MR) is 76.8 cm³/mol. The number of carboxylic acid groups (broad SMARTS) is 1. The molecule has 0 radical (unpaired) electrons. The van der Waals surface area contributed by atoms with Gasteiger partial charge in [0.25, 0.3) is 0 Å². The quantitative estimate of drug-likeness (QED) is 0.790. The number of hydrogen-bond donors (Lipinski definition) is 1. The van der Waals surface area contributed by atoms with Gasteiger partial charge in [-0.1, -0.05) is 32.9 Å². The van der Waals surface area contributed by atoms with Gasteiger partial charge in [0.2, 0.25) is 0 Å². The van der Waals surface area contributed by atoms with Crippen molar-refractivity contribution in [3.63, 3.8) is 0 Å². The van der Waals surface area contributed by atoms with Gasteiger partial charge >= 0.3 is 5.97 Å². The largest absolute Gasteiger partial charge is 0.489 e. The van der Waals surface area contributed by atoms with Crippen molar-refractivity contribution in [3.8, 4) is 5.75 Å². The Labute approximate surface area is 114 Å². The lowest BCUT2D eigenvalue weighted by Gasteiger charge is -2.14. The number of carboxylic acids is 1. The van der Waals surface area contributed by atoms with Crippen LogP contribution in [-0.4, -0.2) is 17.7 Å². The summed E-state index contributed by atoms with van der Waals surface area (Å²) in [7, 11) is 0. The summed E-state index contributed by atoms with van der Waals surface area (Å²) in [5.41, 5.74) is 2.67. The van der Waals surface area contributed by atoms with Gasteiger partial charge in [-0.25, -0.2) is 4.79 Å². The summed E-state index contributed by atoms with van der Waals surface area (Å²) in [4.78, 5) is 10.9. The van der Waals surface area contributed by atoms with Gasteiger partial charge in [0.05, 0.1) is 0 Å². The first-order valence-corrected chi connectivity index (χ1v) is 6.61. The Morgan fingerprint density at radius 3 is 2.63 bits per heavy atom. The third-order valence-corrected chi connectivity index (χ3v) is 3.02. The van der Waals surface area contributed by atoms with E-state index in [2.05, 4.69) is 26.0 Å². The Morgan fingerprint density at radius 1 is 1.42 bits per heavy atom. The predicted octanol–water partition coefficient (Wildman–Crippen LogP) is 3.92. The Kier molecular flexibility index (Phi) is 5.61. The van der Waals surface area contributed by atoms with E-state index < -0.39 is 5.97 Å². The lowest BCUT2D eigenvalue weighted by Crippen LogP contribution is -2.04. The maximum atomic E-state index is 10.9. The summed E-state index contributed by atoms with van der Waals surface area (Å²) in [5, 5.41) is 8.93. The van der Waals surface area contributed by atoms with E-state index in [1.54, 1.807) is 6.08 Å². The summed E-state index contributed by atoms with van der Waals surface area (Å²) in [5.74, 6) is 0.344. The van der Waals surface area contributed by atoms with E-state index in [1.165, 1.54) is 0 Å². The Morgan fingerprint density at radius 2 is 2.11 bits per heavy atom. The zero-order valence-corrected chi connectivity index (χ0v) is 12.1. The molecule has 1 aromatic rings. The summed E-state index contributed by atoms with van der Waals surface area (Å²) < 4.78 is 5.72. The molecule has 3 nitrogen and oxygen atoms in total. The molecule has 0 heterocycles. The molecule has 0 unspecified atom stereocenters. The molecular weight excluding hydrogens is 240 g/mol. The third-order valence-electron chi connectivity index (χ3n) is 3.02. The number of benzene rings is 1. The van der Waals surface area contributed by atoms with Gasteiger partial charge in [-0.15, -0.1) is 0 Å². The molecule has 0 bridgehead atoms. The van der Waals surface area contributed by atoms with Crippen LogP contribution in [0.5, 0.6) is 5.75 Å². The number of aryl methyl sites for hydroxylation is 1. The molecule has 0 saturated carbocycles. The zero-order chi connectivity index (χ0) is 14.4. The van der Waals surface area contributed by atoms with Crippen molar-refractivity contribution in [1.29, 1.82) is 0 Å². The van der Waals surface area contributed by atoms with Gasteiger partial charge in [-0.3, -0.25) is 0 Å². The summed E-state index contributed by atoms with van der Waals surface area (Å²) >= 11 is 0. The van der Waals surface area contributed by atoms with Crippen LogP contribution >= 0.6 is 0 Å². The van der Waals surface area contributed by atoms with Crippen LogP contribution in [0.25, 0.3) is 0 Å². The van der Waals surface area contributed by atoms with Gasteiger partial charge in [0.1, 0.15) is 12.4 Å². The van der Waals surface area contributed by atoms with E-state index in [-0.39, 0.29) is 0 Å². The first-order chi connectivity index (χ1) is 8.95. The Bertz CT molecular complexity index is 473. The number of hydrogen-bond acceptors (Lipinski definition) is 2. The van der Waals surface area contributed by atoms with Crippen LogP contribution in [0.1, 0.15) is 44.2 Å². The molecule has 1 N–H and O–H groups in total. The van der Waals surface area contributed by atoms with Crippen molar-refractivity contribution >= 4 is 5.97 Å². The summed E-state index contributed by atoms with van der Waals surface area (Å²) in [6.45, 7) is 8.36. The average molecular weight is 262 g/mol. The van der Waals surface area contributed by atoms with Gasteiger partial charge in [-0.05, 0) is 42.5 Å². The maximum Gasteiger partial charge on any atom is 0.331 e.